The molecule has 68 valence electrons. The second-order valence-corrected chi connectivity index (χ2v) is 2.36. The van der Waals surface area contributed by atoms with Gasteiger partial charge >= 0.3 is 0 Å². The summed E-state index contributed by atoms with van der Waals surface area (Å²) in [7, 11) is 1.43. The number of carbonyl (C=O) groups excluding carboxylic acids is 1. The molecule has 0 aromatic heterocycles. The highest BCUT2D eigenvalue weighted by Gasteiger charge is 2.02. The van der Waals surface area contributed by atoms with Crippen LogP contribution >= 0.6 is 0 Å². The highest BCUT2D eigenvalue weighted by atomic mass is 19.1. The number of methoxy groups -OCH3 is 1. The molecule has 0 amide bonds. The van der Waals surface area contributed by atoms with E-state index in [0.29, 0.717) is 11.3 Å². The van der Waals surface area contributed by atoms with E-state index in [-0.39, 0.29) is 12.4 Å². The molecule has 0 saturated carbocycles. The van der Waals surface area contributed by atoms with Crippen molar-refractivity contribution in [1.82, 2.24) is 0 Å². The Morgan fingerprint density at radius 2 is 2.38 bits per heavy atom. The van der Waals surface area contributed by atoms with Crippen LogP contribution in [0.15, 0.2) is 23.2 Å². The van der Waals surface area contributed by atoms with Crippen molar-refractivity contribution in [2.24, 2.45) is 4.99 Å². The summed E-state index contributed by atoms with van der Waals surface area (Å²) in [6.45, 7) is 0.160. The number of hydrogen-bond acceptors (Lipinski definition) is 3. The third-order valence-electron chi connectivity index (χ3n) is 1.56. The van der Waals surface area contributed by atoms with Gasteiger partial charge in [0.05, 0.1) is 13.7 Å². The van der Waals surface area contributed by atoms with Crippen molar-refractivity contribution in [2.45, 2.75) is 6.54 Å². The SMILES string of the molecule is COc1cc(F)ccc1CN=C=O. The molecule has 0 bridgehead atoms. The Labute approximate surface area is 74.9 Å². The Balaban J connectivity index is 2.98. The van der Waals surface area contributed by atoms with Gasteiger partial charge in [-0.1, -0.05) is 6.07 Å². The van der Waals surface area contributed by atoms with E-state index >= 15 is 0 Å². The molecule has 0 spiro atoms. The van der Waals surface area contributed by atoms with Crippen LogP contribution in [0.1, 0.15) is 5.56 Å². The normalized spacial score (nSPS) is 9.08. The topological polar surface area (TPSA) is 38.7 Å². The highest BCUT2D eigenvalue weighted by molar-refractivity contribution is 5.37. The molecule has 1 rings (SSSR count). The standard InChI is InChI=1S/C9H8FNO2/c1-13-9-4-8(10)3-2-7(9)5-11-6-12/h2-4H,5H2,1H3. The number of aliphatic imine (C=N–C) groups is 1. The Bertz CT molecular complexity index is 345. The molecule has 0 fully saturated rings. The molecular formula is C9H8FNO2. The minimum absolute atomic E-state index is 0.160. The van der Waals surface area contributed by atoms with Crippen molar-refractivity contribution in [3.05, 3.63) is 29.6 Å². The molecule has 0 aliphatic carbocycles. The maximum Gasteiger partial charge on any atom is 0.235 e. The Morgan fingerprint density at radius 3 is 3.00 bits per heavy atom. The van der Waals surface area contributed by atoms with Crippen molar-refractivity contribution >= 4 is 6.08 Å². The smallest absolute Gasteiger partial charge is 0.235 e. The first kappa shape index (κ1) is 9.42. The second kappa shape index (κ2) is 4.38. The van der Waals surface area contributed by atoms with Crippen LogP contribution in [0.2, 0.25) is 0 Å². The van der Waals surface area contributed by atoms with E-state index in [9.17, 15) is 9.18 Å². The van der Waals surface area contributed by atoms with Crippen molar-refractivity contribution in [3.8, 4) is 5.75 Å². The molecule has 0 atom stereocenters. The summed E-state index contributed by atoms with van der Waals surface area (Å²) < 4.78 is 17.6. The number of benzene rings is 1. The molecule has 0 heterocycles. The quantitative estimate of drug-likeness (QED) is 0.525. The summed E-state index contributed by atoms with van der Waals surface area (Å²) in [6.07, 6.45) is 1.41. The molecule has 1 aromatic carbocycles. The average molecular weight is 181 g/mol. The van der Waals surface area contributed by atoms with Crippen LogP contribution in [0.25, 0.3) is 0 Å². The minimum atomic E-state index is -0.379. The molecule has 0 aliphatic heterocycles. The lowest BCUT2D eigenvalue weighted by molar-refractivity contribution is 0.406. The maximum absolute atomic E-state index is 12.7. The van der Waals surface area contributed by atoms with E-state index in [2.05, 4.69) is 4.99 Å². The predicted molar refractivity (Wildman–Crippen MR) is 44.8 cm³/mol. The summed E-state index contributed by atoms with van der Waals surface area (Å²) in [5.41, 5.74) is 0.659. The van der Waals surface area contributed by atoms with Crippen LogP contribution in [0, 0.1) is 5.82 Å². The molecule has 13 heavy (non-hydrogen) atoms. The third kappa shape index (κ3) is 2.39. The number of hydrogen-bond donors (Lipinski definition) is 0. The number of rotatable bonds is 3. The average Bonchev–Trinajstić information content (AvgIpc) is 2.16. The van der Waals surface area contributed by atoms with E-state index in [1.165, 1.54) is 31.4 Å². The minimum Gasteiger partial charge on any atom is -0.496 e. The van der Waals surface area contributed by atoms with E-state index in [1.807, 2.05) is 0 Å². The number of nitrogens with zero attached hydrogens (tertiary/aromatic N) is 1. The first-order valence-corrected chi connectivity index (χ1v) is 3.64. The van der Waals surface area contributed by atoms with Gasteiger partial charge in [-0.05, 0) is 6.07 Å². The summed E-state index contributed by atoms with van der Waals surface area (Å²) in [5.74, 6) is 0.00897. The maximum atomic E-state index is 12.7. The molecule has 0 radical (unpaired) electrons. The van der Waals surface area contributed by atoms with Crippen LogP contribution in [-0.4, -0.2) is 13.2 Å². The van der Waals surface area contributed by atoms with Gasteiger partial charge in [-0.15, -0.1) is 0 Å². The molecular weight excluding hydrogens is 173 g/mol. The van der Waals surface area contributed by atoms with Gasteiger partial charge in [-0.25, -0.2) is 14.2 Å². The highest BCUT2D eigenvalue weighted by Crippen LogP contribution is 2.19. The zero-order valence-corrected chi connectivity index (χ0v) is 7.08. The lowest BCUT2D eigenvalue weighted by Gasteiger charge is -2.04. The number of halogens is 1. The van der Waals surface area contributed by atoms with E-state index in [1.54, 1.807) is 0 Å². The zero-order valence-electron chi connectivity index (χ0n) is 7.08. The van der Waals surface area contributed by atoms with E-state index in [4.69, 9.17) is 4.74 Å². The fraction of sp³-hybridized carbons (Fsp3) is 0.222. The molecule has 0 aliphatic rings. The van der Waals surface area contributed by atoms with Crippen LogP contribution in [-0.2, 0) is 11.3 Å². The predicted octanol–water partition coefficient (Wildman–Crippen LogP) is 1.67. The Morgan fingerprint density at radius 1 is 1.62 bits per heavy atom. The Hall–Kier alpha value is -1.67. The first-order chi connectivity index (χ1) is 6.27. The van der Waals surface area contributed by atoms with Crippen LogP contribution < -0.4 is 4.74 Å². The monoisotopic (exact) mass is 181 g/mol. The van der Waals surface area contributed by atoms with Gasteiger partial charge in [0, 0.05) is 11.6 Å². The largest absolute Gasteiger partial charge is 0.496 e. The molecule has 0 N–H and O–H groups in total. The van der Waals surface area contributed by atoms with Gasteiger partial charge in [0.25, 0.3) is 0 Å². The van der Waals surface area contributed by atoms with Crippen molar-refractivity contribution in [3.63, 3.8) is 0 Å². The third-order valence-corrected chi connectivity index (χ3v) is 1.56. The first-order valence-electron chi connectivity index (χ1n) is 3.64. The van der Waals surface area contributed by atoms with Gasteiger partial charge in [0.1, 0.15) is 11.6 Å². The summed E-state index contributed by atoms with van der Waals surface area (Å²) in [5, 5.41) is 0. The van der Waals surface area contributed by atoms with Gasteiger partial charge in [-0.3, -0.25) is 0 Å². The molecule has 0 unspecified atom stereocenters. The van der Waals surface area contributed by atoms with Gasteiger partial charge in [0.15, 0.2) is 0 Å². The van der Waals surface area contributed by atoms with Crippen molar-refractivity contribution < 1.29 is 13.9 Å². The second-order valence-electron chi connectivity index (χ2n) is 2.36. The Kier molecular flexibility index (Phi) is 3.17. The van der Waals surface area contributed by atoms with Crippen LogP contribution in [0.5, 0.6) is 5.75 Å². The van der Waals surface area contributed by atoms with E-state index in [0.717, 1.165) is 0 Å². The lowest BCUT2D eigenvalue weighted by Crippen LogP contribution is -1.91. The summed E-state index contributed by atoms with van der Waals surface area (Å²) in [4.78, 5) is 13.2. The lowest BCUT2D eigenvalue weighted by atomic mass is 10.2. The van der Waals surface area contributed by atoms with E-state index < -0.39 is 0 Å². The van der Waals surface area contributed by atoms with Gasteiger partial charge < -0.3 is 4.74 Å². The number of ether oxygens (including phenoxy) is 1. The molecule has 4 heteroatoms. The molecule has 1 aromatic rings. The number of isocyanates is 1. The summed E-state index contributed by atoms with van der Waals surface area (Å²) >= 11 is 0. The molecule has 0 saturated heterocycles. The van der Waals surface area contributed by atoms with Crippen LogP contribution in [0.3, 0.4) is 0 Å². The van der Waals surface area contributed by atoms with Crippen molar-refractivity contribution in [2.75, 3.05) is 7.11 Å². The summed E-state index contributed by atoms with van der Waals surface area (Å²) in [6, 6.07) is 4.06. The molecule has 3 nitrogen and oxygen atoms in total. The van der Waals surface area contributed by atoms with Crippen molar-refractivity contribution in [1.29, 1.82) is 0 Å². The fourth-order valence-electron chi connectivity index (χ4n) is 0.966. The van der Waals surface area contributed by atoms with Gasteiger partial charge in [0.2, 0.25) is 6.08 Å². The van der Waals surface area contributed by atoms with Gasteiger partial charge in [-0.2, -0.15) is 0 Å². The zero-order chi connectivity index (χ0) is 9.68. The fourth-order valence-corrected chi connectivity index (χ4v) is 0.966. The van der Waals surface area contributed by atoms with Crippen LogP contribution in [0.4, 0.5) is 4.39 Å².